The molecule has 1 aromatic heterocycles. The molecule has 1 saturated carbocycles. The molecule has 26 heavy (non-hydrogen) atoms. The van der Waals surface area contributed by atoms with E-state index in [1.807, 2.05) is 19.0 Å². The summed E-state index contributed by atoms with van der Waals surface area (Å²) in [5.41, 5.74) is 0.423. The Balaban J connectivity index is 1.38. The summed E-state index contributed by atoms with van der Waals surface area (Å²) in [7, 11) is 6.32. The van der Waals surface area contributed by atoms with E-state index in [0.717, 1.165) is 43.9 Å². The first kappa shape index (κ1) is 18.0. The van der Waals surface area contributed by atoms with Crippen molar-refractivity contribution in [2.45, 2.75) is 25.7 Å². The van der Waals surface area contributed by atoms with Crippen LogP contribution < -0.4 is 9.80 Å². The Hall–Kier alpha value is -1.40. The van der Waals surface area contributed by atoms with Crippen molar-refractivity contribution >= 4 is 11.6 Å². The number of anilines is 2. The molecule has 4 rings (SSSR count). The van der Waals surface area contributed by atoms with Crippen molar-refractivity contribution in [3.05, 3.63) is 12.4 Å². The summed E-state index contributed by atoms with van der Waals surface area (Å²) in [4.78, 5) is 15.8. The van der Waals surface area contributed by atoms with Crippen molar-refractivity contribution < 1.29 is 4.74 Å². The van der Waals surface area contributed by atoms with Crippen LogP contribution in [0.25, 0.3) is 0 Å². The fraction of sp³-hybridized carbons (Fsp3) is 0.800. The molecule has 3 fully saturated rings. The van der Waals surface area contributed by atoms with Crippen LogP contribution in [0.3, 0.4) is 0 Å². The van der Waals surface area contributed by atoms with Crippen molar-refractivity contribution in [2.75, 3.05) is 70.3 Å². The van der Waals surface area contributed by atoms with Gasteiger partial charge in [-0.3, -0.25) is 0 Å². The van der Waals surface area contributed by atoms with Gasteiger partial charge >= 0.3 is 0 Å². The van der Waals surface area contributed by atoms with Crippen molar-refractivity contribution in [2.24, 2.45) is 17.3 Å². The normalized spacial score (nSPS) is 25.8. The van der Waals surface area contributed by atoms with Crippen LogP contribution >= 0.6 is 0 Å². The first-order chi connectivity index (χ1) is 12.6. The molecule has 1 aromatic rings. The fourth-order valence-corrected chi connectivity index (χ4v) is 4.69. The third kappa shape index (κ3) is 3.81. The van der Waals surface area contributed by atoms with Gasteiger partial charge in [-0.05, 0) is 44.1 Å². The largest absolute Gasteiger partial charge is 0.381 e. The fourth-order valence-electron chi connectivity index (χ4n) is 4.69. The van der Waals surface area contributed by atoms with Crippen molar-refractivity contribution in [1.82, 2.24) is 14.9 Å². The van der Waals surface area contributed by atoms with Crippen LogP contribution in [0.4, 0.5) is 11.6 Å². The third-order valence-corrected chi connectivity index (χ3v) is 6.53. The molecule has 0 amide bonds. The molecule has 3 heterocycles. The average Bonchev–Trinajstić information content (AvgIpc) is 3.41. The molecular formula is C20H33N5O. The number of nitrogens with zero attached hydrogens (tertiary/aromatic N) is 5. The van der Waals surface area contributed by atoms with Crippen LogP contribution in [0.5, 0.6) is 0 Å². The lowest BCUT2D eigenvalue weighted by Gasteiger charge is -2.43. The van der Waals surface area contributed by atoms with E-state index in [9.17, 15) is 0 Å². The van der Waals surface area contributed by atoms with Crippen molar-refractivity contribution in [1.29, 1.82) is 0 Å². The Bertz CT molecular complexity index is 610. The van der Waals surface area contributed by atoms with E-state index < -0.39 is 0 Å². The highest BCUT2D eigenvalue weighted by atomic mass is 16.5. The maximum atomic E-state index is 6.10. The monoisotopic (exact) mass is 359 g/mol. The van der Waals surface area contributed by atoms with Crippen LogP contribution in [0.1, 0.15) is 25.7 Å². The highest BCUT2D eigenvalue weighted by molar-refractivity contribution is 5.49. The number of likely N-dealkylation sites (tertiary alicyclic amines) is 1. The SMILES string of the molecule is CN1C[C@@H](COCC2CC2)C2(CCN(c3cc(N(C)C)ncn3)CC2)C1. The zero-order valence-corrected chi connectivity index (χ0v) is 16.5. The summed E-state index contributed by atoms with van der Waals surface area (Å²) < 4.78 is 6.10. The molecule has 0 radical (unpaired) electrons. The van der Waals surface area contributed by atoms with E-state index in [4.69, 9.17) is 4.74 Å². The molecule has 2 saturated heterocycles. The van der Waals surface area contributed by atoms with Crippen molar-refractivity contribution in [3.63, 3.8) is 0 Å². The molecule has 0 bridgehead atoms. The minimum absolute atomic E-state index is 0.423. The lowest BCUT2D eigenvalue weighted by Crippen LogP contribution is -2.45. The summed E-state index contributed by atoms with van der Waals surface area (Å²) in [5, 5.41) is 0. The first-order valence-corrected chi connectivity index (χ1v) is 10.1. The molecule has 0 N–H and O–H groups in total. The summed E-state index contributed by atoms with van der Waals surface area (Å²) in [6.07, 6.45) is 6.90. The average molecular weight is 360 g/mol. The zero-order valence-electron chi connectivity index (χ0n) is 16.5. The Morgan fingerprint density at radius 1 is 1.19 bits per heavy atom. The lowest BCUT2D eigenvalue weighted by molar-refractivity contribution is 0.0428. The van der Waals surface area contributed by atoms with E-state index in [1.165, 1.54) is 38.8 Å². The maximum Gasteiger partial charge on any atom is 0.134 e. The highest BCUT2D eigenvalue weighted by Crippen LogP contribution is 2.45. The molecule has 6 heteroatoms. The van der Waals surface area contributed by atoms with Gasteiger partial charge in [-0.25, -0.2) is 9.97 Å². The van der Waals surface area contributed by atoms with E-state index in [0.29, 0.717) is 11.3 Å². The predicted molar refractivity (Wildman–Crippen MR) is 105 cm³/mol. The minimum Gasteiger partial charge on any atom is -0.381 e. The second-order valence-corrected chi connectivity index (χ2v) is 8.85. The number of aromatic nitrogens is 2. The first-order valence-electron chi connectivity index (χ1n) is 10.1. The van der Waals surface area contributed by atoms with Crippen LogP contribution in [0.2, 0.25) is 0 Å². The number of hydrogen-bond donors (Lipinski definition) is 0. The molecule has 0 aromatic carbocycles. The number of hydrogen-bond acceptors (Lipinski definition) is 6. The number of rotatable bonds is 6. The molecule has 1 atom stereocenters. The standard InChI is InChI=1S/C20H33N5O/c1-23(2)18-10-19(22-15-21-18)25-8-6-20(7-9-25)14-24(3)11-17(20)13-26-12-16-4-5-16/h10,15-17H,4-9,11-14H2,1-3H3/t17-/m0/s1. The van der Waals surface area contributed by atoms with Crippen LogP contribution in [0.15, 0.2) is 12.4 Å². The van der Waals surface area contributed by atoms with Crippen LogP contribution in [-0.4, -0.2) is 75.4 Å². The highest BCUT2D eigenvalue weighted by Gasteiger charge is 2.47. The van der Waals surface area contributed by atoms with Gasteiger partial charge in [0.25, 0.3) is 0 Å². The predicted octanol–water partition coefficient (Wildman–Crippen LogP) is 2.12. The Morgan fingerprint density at radius 3 is 2.65 bits per heavy atom. The third-order valence-electron chi connectivity index (χ3n) is 6.53. The molecular weight excluding hydrogens is 326 g/mol. The molecule has 3 aliphatic rings. The smallest absolute Gasteiger partial charge is 0.134 e. The van der Waals surface area contributed by atoms with Gasteiger partial charge in [0.15, 0.2) is 0 Å². The van der Waals surface area contributed by atoms with E-state index in [1.54, 1.807) is 6.33 Å². The van der Waals surface area contributed by atoms with E-state index in [2.05, 4.69) is 32.9 Å². The van der Waals surface area contributed by atoms with E-state index >= 15 is 0 Å². The minimum atomic E-state index is 0.423. The van der Waals surface area contributed by atoms with Gasteiger partial charge in [0.05, 0.1) is 6.61 Å². The molecule has 1 aliphatic carbocycles. The topological polar surface area (TPSA) is 44.7 Å². The van der Waals surface area contributed by atoms with Gasteiger partial charge in [0.1, 0.15) is 18.0 Å². The summed E-state index contributed by atoms with van der Waals surface area (Å²) in [6.45, 7) is 6.48. The maximum absolute atomic E-state index is 6.10. The van der Waals surface area contributed by atoms with E-state index in [-0.39, 0.29) is 0 Å². The Morgan fingerprint density at radius 2 is 1.96 bits per heavy atom. The second-order valence-electron chi connectivity index (χ2n) is 8.85. The van der Waals surface area contributed by atoms with Gasteiger partial charge in [0, 0.05) is 58.9 Å². The van der Waals surface area contributed by atoms with Crippen molar-refractivity contribution in [3.8, 4) is 0 Å². The van der Waals surface area contributed by atoms with Gasteiger partial charge in [-0.2, -0.15) is 0 Å². The molecule has 6 nitrogen and oxygen atoms in total. The number of piperidine rings is 1. The summed E-state index contributed by atoms with van der Waals surface area (Å²) >= 11 is 0. The zero-order chi connectivity index (χ0) is 18.1. The lowest BCUT2D eigenvalue weighted by atomic mass is 9.71. The molecule has 2 aliphatic heterocycles. The molecule has 1 spiro atoms. The second kappa shape index (κ2) is 7.31. The van der Waals surface area contributed by atoms with Gasteiger partial charge in [-0.1, -0.05) is 0 Å². The molecule has 144 valence electrons. The van der Waals surface area contributed by atoms with Crippen LogP contribution in [0, 0.1) is 17.3 Å². The Labute approximate surface area is 157 Å². The van der Waals surface area contributed by atoms with Gasteiger partial charge < -0.3 is 19.4 Å². The molecule has 0 unspecified atom stereocenters. The van der Waals surface area contributed by atoms with Gasteiger partial charge in [-0.15, -0.1) is 0 Å². The Kier molecular flexibility index (Phi) is 5.06. The van der Waals surface area contributed by atoms with Crippen LogP contribution in [-0.2, 0) is 4.74 Å². The summed E-state index contributed by atoms with van der Waals surface area (Å²) in [6, 6.07) is 2.11. The number of ether oxygens (including phenoxy) is 1. The van der Waals surface area contributed by atoms with Gasteiger partial charge in [0.2, 0.25) is 0 Å². The summed E-state index contributed by atoms with van der Waals surface area (Å²) in [5.74, 6) is 3.57. The quantitative estimate of drug-likeness (QED) is 0.775.